The first-order valence-corrected chi connectivity index (χ1v) is 7.35. The van der Waals surface area contributed by atoms with E-state index < -0.39 is 5.60 Å². The second-order valence-electron chi connectivity index (χ2n) is 5.75. The number of unbranched alkanes of at least 4 members (excludes halogenated alkanes) is 1. The Balaban J connectivity index is 2.38. The third kappa shape index (κ3) is 6.39. The number of nitrogens with zero attached hydrogens (tertiary/aromatic N) is 1. The molecule has 0 spiro atoms. The van der Waals surface area contributed by atoms with Gasteiger partial charge in [0.15, 0.2) is 5.15 Å². The first-order valence-electron chi connectivity index (χ1n) is 6.97. The molecule has 1 aromatic heterocycles. The van der Waals surface area contributed by atoms with Gasteiger partial charge in [0.05, 0.1) is 12.2 Å². The largest absolute Gasteiger partial charge is 0.459 e. The van der Waals surface area contributed by atoms with Gasteiger partial charge in [0.25, 0.3) is 0 Å². The number of esters is 1. The van der Waals surface area contributed by atoms with Crippen molar-refractivity contribution in [3.8, 4) is 0 Å². The number of carbonyl (C=O) groups is 1. The molecule has 0 amide bonds. The van der Waals surface area contributed by atoms with Crippen molar-refractivity contribution in [2.45, 2.75) is 59.1 Å². The zero-order valence-corrected chi connectivity index (χ0v) is 13.4. The number of H-pyrrole nitrogens is 1. The quantitative estimate of drug-likeness (QED) is 0.760. The second kappa shape index (κ2) is 7.64. The maximum Gasteiger partial charge on any atom is 0.320 e. The van der Waals surface area contributed by atoms with Crippen LogP contribution in [0.1, 0.15) is 52.1 Å². The van der Waals surface area contributed by atoms with Crippen LogP contribution in [0, 0.1) is 0 Å². The molecular weight excluding hydrogens is 278 g/mol. The van der Waals surface area contributed by atoms with Gasteiger partial charge in [-0.25, -0.2) is 4.98 Å². The van der Waals surface area contributed by atoms with Crippen LogP contribution in [0.25, 0.3) is 0 Å². The Hall–Kier alpha value is -1.07. The summed E-state index contributed by atoms with van der Waals surface area (Å²) in [4.78, 5) is 19.0. The molecule has 0 saturated heterocycles. The first-order chi connectivity index (χ1) is 9.31. The molecule has 0 aliphatic rings. The molecule has 2 N–H and O–H groups in total. The monoisotopic (exact) mass is 301 g/mol. The van der Waals surface area contributed by atoms with Gasteiger partial charge in [0, 0.05) is 13.0 Å². The number of rotatable bonds is 7. The fourth-order valence-corrected chi connectivity index (χ4v) is 1.90. The molecule has 0 atom stereocenters. The molecule has 0 saturated carbocycles. The van der Waals surface area contributed by atoms with Gasteiger partial charge in [0.1, 0.15) is 11.4 Å². The fraction of sp³-hybridized carbons (Fsp3) is 0.714. The number of ether oxygens (including phenoxy) is 1. The topological polar surface area (TPSA) is 67.0 Å². The lowest BCUT2D eigenvalue weighted by Crippen LogP contribution is -2.31. The molecule has 0 aliphatic heterocycles. The molecule has 1 aromatic rings. The van der Waals surface area contributed by atoms with Crippen LogP contribution in [0.5, 0.6) is 0 Å². The maximum absolute atomic E-state index is 11.5. The van der Waals surface area contributed by atoms with E-state index in [0.717, 1.165) is 30.8 Å². The van der Waals surface area contributed by atoms with Gasteiger partial charge < -0.3 is 15.0 Å². The van der Waals surface area contributed by atoms with E-state index >= 15 is 0 Å². The molecule has 5 nitrogen and oxygen atoms in total. The number of carbonyl (C=O) groups excluding carboxylic acids is 1. The minimum Gasteiger partial charge on any atom is -0.459 e. The Morgan fingerprint density at radius 3 is 2.75 bits per heavy atom. The summed E-state index contributed by atoms with van der Waals surface area (Å²) in [5.41, 5.74) is 0.346. The molecular formula is C14H24ClN3O2. The average molecular weight is 302 g/mol. The minimum atomic E-state index is -0.461. The lowest BCUT2D eigenvalue weighted by molar-refractivity contribution is -0.153. The molecule has 0 unspecified atom stereocenters. The van der Waals surface area contributed by atoms with Crippen molar-refractivity contribution in [3.63, 3.8) is 0 Å². The number of halogens is 1. The highest BCUT2D eigenvalue weighted by Gasteiger charge is 2.16. The number of imidazole rings is 1. The van der Waals surface area contributed by atoms with Crippen molar-refractivity contribution in [3.05, 3.63) is 16.7 Å². The standard InChI is InChI=1S/C14H24ClN3O2/c1-5-6-7-11-17-10(13(15)18-11)8-16-9-12(19)20-14(2,3)4/h16H,5-9H2,1-4H3,(H,17,18). The van der Waals surface area contributed by atoms with Crippen molar-refractivity contribution < 1.29 is 9.53 Å². The van der Waals surface area contributed by atoms with Gasteiger partial charge in [-0.2, -0.15) is 0 Å². The molecule has 0 aliphatic carbocycles. The van der Waals surface area contributed by atoms with Crippen LogP contribution in [-0.4, -0.2) is 28.1 Å². The molecule has 1 rings (SSSR count). The number of nitrogens with one attached hydrogen (secondary N) is 2. The van der Waals surface area contributed by atoms with Crippen molar-refractivity contribution >= 4 is 17.6 Å². The Bertz CT molecular complexity index is 438. The van der Waals surface area contributed by atoms with E-state index in [1.165, 1.54) is 0 Å². The van der Waals surface area contributed by atoms with Crippen LogP contribution in [-0.2, 0) is 22.5 Å². The summed E-state index contributed by atoms with van der Waals surface area (Å²) in [6.07, 6.45) is 3.08. The van der Waals surface area contributed by atoms with Gasteiger partial charge in [-0.05, 0) is 27.2 Å². The average Bonchev–Trinajstić information content (AvgIpc) is 2.65. The molecule has 6 heteroatoms. The van der Waals surface area contributed by atoms with E-state index in [0.29, 0.717) is 11.7 Å². The van der Waals surface area contributed by atoms with Gasteiger partial charge in [-0.1, -0.05) is 24.9 Å². The maximum atomic E-state index is 11.5. The third-order valence-electron chi connectivity index (χ3n) is 2.54. The predicted octanol–water partition coefficient (Wildman–Crippen LogP) is 2.84. The second-order valence-corrected chi connectivity index (χ2v) is 6.10. The highest BCUT2D eigenvalue weighted by molar-refractivity contribution is 6.30. The van der Waals surface area contributed by atoms with Crippen LogP contribution in [0.2, 0.25) is 5.15 Å². The Labute approximate surface area is 125 Å². The van der Waals surface area contributed by atoms with Crippen LogP contribution in [0.15, 0.2) is 0 Å². The normalized spacial score (nSPS) is 11.7. The fourth-order valence-electron chi connectivity index (χ4n) is 1.69. The van der Waals surface area contributed by atoms with E-state index in [2.05, 4.69) is 22.2 Å². The zero-order chi connectivity index (χ0) is 15.2. The van der Waals surface area contributed by atoms with Crippen molar-refractivity contribution in [2.24, 2.45) is 0 Å². The summed E-state index contributed by atoms with van der Waals surface area (Å²) in [6, 6.07) is 0. The number of aryl methyl sites for hydroxylation is 1. The predicted molar refractivity (Wildman–Crippen MR) is 79.8 cm³/mol. The summed E-state index contributed by atoms with van der Waals surface area (Å²) in [7, 11) is 0. The lowest BCUT2D eigenvalue weighted by atomic mass is 10.2. The van der Waals surface area contributed by atoms with Gasteiger partial charge in [-0.3, -0.25) is 4.79 Å². The number of hydrogen-bond acceptors (Lipinski definition) is 4. The highest BCUT2D eigenvalue weighted by Crippen LogP contribution is 2.14. The van der Waals surface area contributed by atoms with E-state index in [1.54, 1.807) is 0 Å². The van der Waals surface area contributed by atoms with Crippen molar-refractivity contribution in [1.82, 2.24) is 15.3 Å². The number of aromatic amines is 1. The molecule has 0 radical (unpaired) electrons. The summed E-state index contributed by atoms with van der Waals surface area (Å²) in [5.74, 6) is 0.616. The van der Waals surface area contributed by atoms with Crippen LogP contribution in [0.4, 0.5) is 0 Å². The highest BCUT2D eigenvalue weighted by atomic mass is 35.5. The molecule has 20 heavy (non-hydrogen) atoms. The van der Waals surface area contributed by atoms with Gasteiger partial charge in [0.2, 0.25) is 0 Å². The van der Waals surface area contributed by atoms with Gasteiger partial charge >= 0.3 is 5.97 Å². The third-order valence-corrected chi connectivity index (χ3v) is 2.85. The first kappa shape index (κ1) is 17.0. The van der Waals surface area contributed by atoms with E-state index in [-0.39, 0.29) is 12.5 Å². The Kier molecular flexibility index (Phi) is 6.49. The molecule has 114 valence electrons. The molecule has 0 aromatic carbocycles. The summed E-state index contributed by atoms with van der Waals surface area (Å²) in [6.45, 7) is 8.28. The zero-order valence-electron chi connectivity index (χ0n) is 12.7. The summed E-state index contributed by atoms with van der Waals surface area (Å²) >= 11 is 6.05. The van der Waals surface area contributed by atoms with Crippen molar-refractivity contribution in [1.29, 1.82) is 0 Å². The summed E-state index contributed by atoms with van der Waals surface area (Å²) in [5, 5.41) is 3.47. The Morgan fingerprint density at radius 1 is 1.45 bits per heavy atom. The number of aromatic nitrogens is 2. The van der Waals surface area contributed by atoms with Gasteiger partial charge in [-0.15, -0.1) is 0 Å². The SMILES string of the molecule is CCCCc1nc(Cl)c(CNCC(=O)OC(C)(C)C)[nH]1. The van der Waals surface area contributed by atoms with Crippen LogP contribution in [0.3, 0.4) is 0 Å². The van der Waals surface area contributed by atoms with Crippen molar-refractivity contribution in [2.75, 3.05) is 6.54 Å². The van der Waals surface area contributed by atoms with E-state index in [1.807, 2.05) is 20.8 Å². The van der Waals surface area contributed by atoms with Crippen LogP contribution >= 0.6 is 11.6 Å². The smallest absolute Gasteiger partial charge is 0.320 e. The van der Waals surface area contributed by atoms with E-state index in [9.17, 15) is 4.79 Å². The molecule has 0 bridgehead atoms. The Morgan fingerprint density at radius 2 is 2.15 bits per heavy atom. The molecule has 1 heterocycles. The summed E-state index contributed by atoms with van der Waals surface area (Å²) < 4.78 is 5.20. The van der Waals surface area contributed by atoms with Crippen LogP contribution < -0.4 is 5.32 Å². The van der Waals surface area contributed by atoms with E-state index in [4.69, 9.17) is 16.3 Å². The lowest BCUT2D eigenvalue weighted by Gasteiger charge is -2.19. The minimum absolute atomic E-state index is 0.150. The molecule has 0 fully saturated rings. The number of hydrogen-bond donors (Lipinski definition) is 2.